The summed E-state index contributed by atoms with van der Waals surface area (Å²) in [5, 5.41) is 11.9. The Morgan fingerprint density at radius 3 is 2.96 bits per heavy atom. The molecule has 0 aromatic carbocycles. The zero-order valence-electron chi connectivity index (χ0n) is 16.2. The van der Waals surface area contributed by atoms with Gasteiger partial charge in [0.1, 0.15) is 6.54 Å². The van der Waals surface area contributed by atoms with E-state index in [9.17, 15) is 4.79 Å². The molecular weight excluding hydrogens is 368 g/mol. The first-order chi connectivity index (χ1) is 12.5. The number of carbonyl (C=O) groups is 1. The Kier molecular flexibility index (Phi) is 7.79. The van der Waals surface area contributed by atoms with Crippen LogP contribution in [0.4, 0.5) is 0 Å². The molecule has 3 heterocycles. The lowest BCUT2D eigenvalue weighted by Crippen LogP contribution is -2.32. The molecule has 1 atom stereocenters. The van der Waals surface area contributed by atoms with Crippen molar-refractivity contribution in [1.29, 1.82) is 0 Å². The highest BCUT2D eigenvalue weighted by molar-refractivity contribution is 5.85. The third-order valence-electron chi connectivity index (χ3n) is 4.75. The number of likely N-dealkylation sites (N-methyl/N-ethyl adjacent to an activating group) is 1. The predicted molar refractivity (Wildman–Crippen MR) is 104 cm³/mol. The number of nitrogens with one attached hydrogen (secondary N) is 1. The van der Waals surface area contributed by atoms with Gasteiger partial charge in [0.25, 0.3) is 0 Å². The van der Waals surface area contributed by atoms with E-state index in [0.29, 0.717) is 30.6 Å². The Balaban J connectivity index is 0.00000261. The van der Waals surface area contributed by atoms with E-state index in [1.807, 2.05) is 26.1 Å². The fraction of sp³-hybridized carbons (Fsp3) is 0.667. The lowest BCUT2D eigenvalue weighted by atomic mass is 9.97. The molecule has 2 aromatic rings. The van der Waals surface area contributed by atoms with Gasteiger partial charge in [-0.15, -0.1) is 12.4 Å². The normalized spacial score (nSPS) is 17.0. The van der Waals surface area contributed by atoms with E-state index < -0.39 is 0 Å². The van der Waals surface area contributed by atoms with Gasteiger partial charge in [-0.3, -0.25) is 9.48 Å². The number of halogens is 1. The first-order valence-electron chi connectivity index (χ1n) is 9.33. The van der Waals surface area contributed by atoms with Crippen LogP contribution < -0.4 is 5.32 Å². The monoisotopic (exact) mass is 396 g/mol. The molecule has 3 rings (SSSR count). The minimum absolute atomic E-state index is 0. The summed E-state index contributed by atoms with van der Waals surface area (Å²) in [6.45, 7) is 6.87. The van der Waals surface area contributed by atoms with Crippen LogP contribution in [0.2, 0.25) is 0 Å². The zero-order chi connectivity index (χ0) is 18.5. The van der Waals surface area contributed by atoms with E-state index in [4.69, 9.17) is 4.52 Å². The van der Waals surface area contributed by atoms with Crippen LogP contribution in [0.3, 0.4) is 0 Å². The van der Waals surface area contributed by atoms with Crippen molar-refractivity contribution in [3.05, 3.63) is 29.7 Å². The predicted octanol–water partition coefficient (Wildman–Crippen LogP) is 1.98. The molecule has 1 saturated heterocycles. The second kappa shape index (κ2) is 9.85. The Hall–Kier alpha value is -1.93. The molecule has 2 aromatic heterocycles. The van der Waals surface area contributed by atoms with Gasteiger partial charge in [0, 0.05) is 44.6 Å². The second-order valence-corrected chi connectivity index (χ2v) is 7.25. The summed E-state index contributed by atoms with van der Waals surface area (Å²) in [4.78, 5) is 18.5. The van der Waals surface area contributed by atoms with Crippen molar-refractivity contribution in [1.82, 2.24) is 30.1 Å². The molecule has 9 heteroatoms. The number of nitrogens with zero attached hydrogens (tertiary/aromatic N) is 5. The highest BCUT2D eigenvalue weighted by Crippen LogP contribution is 2.21. The Labute approximate surface area is 166 Å². The summed E-state index contributed by atoms with van der Waals surface area (Å²) < 4.78 is 6.92. The van der Waals surface area contributed by atoms with Crippen LogP contribution in [0.25, 0.3) is 0 Å². The SMILES string of the molecule is CC(C)c1nc(CCN(C)C(=O)Cn2ccc(C3CCCNC3)n2)no1.Cl. The fourth-order valence-corrected chi connectivity index (χ4v) is 3.04. The molecule has 1 fully saturated rings. The standard InChI is InChI=1S/C18H28N6O2.ClH/c1-13(2)18-20-16(22-26-18)7-9-23(3)17(25)12-24-10-6-15(21-24)14-5-4-8-19-11-14;/h6,10,13-14,19H,4-5,7-9,11-12H2,1-3H3;1H. The van der Waals surface area contributed by atoms with Crippen LogP contribution in [0.1, 0.15) is 55.9 Å². The highest BCUT2D eigenvalue weighted by Gasteiger charge is 2.19. The molecule has 0 radical (unpaired) electrons. The summed E-state index contributed by atoms with van der Waals surface area (Å²) in [6, 6.07) is 2.03. The molecule has 0 saturated carbocycles. The lowest BCUT2D eigenvalue weighted by molar-refractivity contribution is -0.130. The number of amides is 1. The molecule has 1 N–H and O–H groups in total. The van der Waals surface area contributed by atoms with Crippen molar-refractivity contribution in [3.63, 3.8) is 0 Å². The van der Waals surface area contributed by atoms with Gasteiger partial charge in [-0.1, -0.05) is 19.0 Å². The quantitative estimate of drug-likeness (QED) is 0.769. The molecule has 1 amide bonds. The molecule has 1 unspecified atom stereocenters. The minimum atomic E-state index is 0. The maximum Gasteiger partial charge on any atom is 0.244 e. The second-order valence-electron chi connectivity index (χ2n) is 7.25. The van der Waals surface area contributed by atoms with Gasteiger partial charge in [-0.2, -0.15) is 10.1 Å². The highest BCUT2D eigenvalue weighted by atomic mass is 35.5. The number of hydrogen-bond acceptors (Lipinski definition) is 6. The first kappa shape index (κ1) is 21.4. The van der Waals surface area contributed by atoms with Crippen molar-refractivity contribution in [2.45, 2.75) is 51.5 Å². The van der Waals surface area contributed by atoms with Crippen LogP contribution in [-0.4, -0.2) is 57.4 Å². The summed E-state index contributed by atoms with van der Waals surface area (Å²) in [7, 11) is 1.79. The number of hydrogen-bond donors (Lipinski definition) is 1. The molecule has 0 spiro atoms. The van der Waals surface area contributed by atoms with E-state index in [0.717, 1.165) is 25.2 Å². The van der Waals surface area contributed by atoms with Crippen molar-refractivity contribution in [2.24, 2.45) is 0 Å². The van der Waals surface area contributed by atoms with Crippen LogP contribution in [0.15, 0.2) is 16.8 Å². The molecule has 1 aliphatic rings. The molecular formula is C18H29ClN6O2. The topological polar surface area (TPSA) is 89.1 Å². The summed E-state index contributed by atoms with van der Waals surface area (Å²) in [6.07, 6.45) is 4.80. The summed E-state index contributed by atoms with van der Waals surface area (Å²) >= 11 is 0. The van der Waals surface area contributed by atoms with Gasteiger partial charge in [0.15, 0.2) is 5.82 Å². The third kappa shape index (κ3) is 5.77. The van der Waals surface area contributed by atoms with E-state index in [1.54, 1.807) is 16.6 Å². The van der Waals surface area contributed by atoms with Crippen LogP contribution >= 0.6 is 12.4 Å². The van der Waals surface area contributed by atoms with Crippen molar-refractivity contribution in [2.75, 3.05) is 26.7 Å². The Bertz CT molecular complexity index is 723. The Morgan fingerprint density at radius 2 is 2.30 bits per heavy atom. The van der Waals surface area contributed by atoms with Gasteiger partial charge >= 0.3 is 0 Å². The minimum Gasteiger partial charge on any atom is -0.344 e. The van der Waals surface area contributed by atoms with Crippen molar-refractivity contribution < 1.29 is 9.32 Å². The average Bonchev–Trinajstić information content (AvgIpc) is 3.30. The lowest BCUT2D eigenvalue weighted by Gasteiger charge is -2.20. The van der Waals surface area contributed by atoms with Crippen LogP contribution in [0.5, 0.6) is 0 Å². The van der Waals surface area contributed by atoms with Gasteiger partial charge in [0.2, 0.25) is 11.8 Å². The van der Waals surface area contributed by atoms with Gasteiger partial charge in [0.05, 0.1) is 5.69 Å². The van der Waals surface area contributed by atoms with E-state index in [2.05, 4.69) is 20.6 Å². The first-order valence-corrected chi connectivity index (χ1v) is 9.33. The average molecular weight is 397 g/mol. The molecule has 27 heavy (non-hydrogen) atoms. The van der Waals surface area contributed by atoms with Crippen molar-refractivity contribution in [3.8, 4) is 0 Å². The van der Waals surface area contributed by atoms with Crippen molar-refractivity contribution >= 4 is 18.3 Å². The van der Waals surface area contributed by atoms with Gasteiger partial charge in [-0.05, 0) is 25.5 Å². The van der Waals surface area contributed by atoms with Gasteiger partial charge < -0.3 is 14.7 Å². The van der Waals surface area contributed by atoms with E-state index in [-0.39, 0.29) is 30.8 Å². The zero-order valence-corrected chi connectivity index (χ0v) is 17.0. The number of rotatable bonds is 7. The molecule has 0 aliphatic carbocycles. The van der Waals surface area contributed by atoms with E-state index in [1.165, 1.54) is 6.42 Å². The van der Waals surface area contributed by atoms with Crippen LogP contribution in [-0.2, 0) is 17.8 Å². The maximum atomic E-state index is 12.4. The molecule has 8 nitrogen and oxygen atoms in total. The smallest absolute Gasteiger partial charge is 0.244 e. The fourth-order valence-electron chi connectivity index (χ4n) is 3.04. The maximum absolute atomic E-state index is 12.4. The number of aromatic nitrogens is 4. The molecule has 150 valence electrons. The Morgan fingerprint density at radius 1 is 1.48 bits per heavy atom. The summed E-state index contributed by atoms with van der Waals surface area (Å²) in [5.41, 5.74) is 1.07. The van der Waals surface area contributed by atoms with Crippen LogP contribution in [0, 0.1) is 0 Å². The van der Waals surface area contributed by atoms with E-state index >= 15 is 0 Å². The largest absolute Gasteiger partial charge is 0.344 e. The molecule has 1 aliphatic heterocycles. The number of piperidine rings is 1. The third-order valence-corrected chi connectivity index (χ3v) is 4.75. The van der Waals surface area contributed by atoms with Gasteiger partial charge in [-0.25, -0.2) is 0 Å². The summed E-state index contributed by atoms with van der Waals surface area (Å²) in [5.74, 6) is 1.96. The molecule has 0 bridgehead atoms. The number of carbonyl (C=O) groups excluding carboxylic acids is 1.